The maximum atomic E-state index is 3.50. The van der Waals surface area contributed by atoms with E-state index in [9.17, 15) is 0 Å². The summed E-state index contributed by atoms with van der Waals surface area (Å²) >= 11 is 5.35. The first-order chi connectivity index (χ1) is 6.22. The number of halogens is 2. The SMILES string of the molecule is CC[n+]1c(C)sc2ccc(Br)cc21.[I-]. The minimum absolute atomic E-state index is 0. The maximum absolute atomic E-state index is 3.50. The zero-order valence-corrected chi connectivity index (χ0v) is 12.6. The van der Waals surface area contributed by atoms with Gasteiger partial charge in [-0.25, -0.2) is 0 Å². The molecule has 0 aliphatic heterocycles. The molecule has 0 fully saturated rings. The molecule has 4 heteroatoms. The molecule has 1 nitrogen and oxygen atoms in total. The number of hydrogen-bond acceptors (Lipinski definition) is 1. The average molecular weight is 384 g/mol. The Kier molecular flexibility index (Phi) is 4.33. The smallest absolute Gasteiger partial charge is 0.235 e. The van der Waals surface area contributed by atoms with Crippen molar-refractivity contribution in [2.24, 2.45) is 0 Å². The molecule has 2 aromatic rings. The Morgan fingerprint density at radius 2 is 2.14 bits per heavy atom. The van der Waals surface area contributed by atoms with Crippen molar-refractivity contribution in [2.75, 3.05) is 0 Å². The lowest BCUT2D eigenvalue weighted by molar-refractivity contribution is -0.669. The van der Waals surface area contributed by atoms with Gasteiger partial charge in [0.25, 0.3) is 0 Å². The summed E-state index contributed by atoms with van der Waals surface area (Å²) in [5.74, 6) is 0. The Bertz CT molecular complexity index is 453. The molecular formula is C10H11BrINS. The molecule has 0 amide bonds. The second-order valence-corrected chi connectivity index (χ2v) is 5.13. The van der Waals surface area contributed by atoms with Crippen LogP contribution < -0.4 is 28.5 Å². The summed E-state index contributed by atoms with van der Waals surface area (Å²) in [5, 5.41) is 1.37. The summed E-state index contributed by atoms with van der Waals surface area (Å²) in [6, 6.07) is 6.45. The molecule has 0 bridgehead atoms. The van der Waals surface area contributed by atoms with Gasteiger partial charge in [0.1, 0.15) is 11.2 Å². The van der Waals surface area contributed by atoms with Gasteiger partial charge in [0.15, 0.2) is 0 Å². The molecule has 0 spiro atoms. The van der Waals surface area contributed by atoms with Gasteiger partial charge in [-0.3, -0.25) is 0 Å². The molecule has 2 rings (SSSR count). The van der Waals surface area contributed by atoms with Crippen LogP contribution in [0.5, 0.6) is 0 Å². The predicted octanol–water partition coefficient (Wildman–Crippen LogP) is 0.284. The number of hydrogen-bond donors (Lipinski definition) is 0. The number of rotatable bonds is 1. The third-order valence-electron chi connectivity index (χ3n) is 2.17. The van der Waals surface area contributed by atoms with Gasteiger partial charge >= 0.3 is 0 Å². The summed E-state index contributed by atoms with van der Waals surface area (Å²) < 4.78 is 4.85. The van der Waals surface area contributed by atoms with Crippen LogP contribution in [-0.2, 0) is 6.54 Å². The molecule has 0 atom stereocenters. The number of aromatic nitrogens is 1. The quantitative estimate of drug-likeness (QED) is 0.492. The minimum atomic E-state index is 0. The lowest BCUT2D eigenvalue weighted by atomic mass is 10.3. The van der Waals surface area contributed by atoms with Gasteiger partial charge in [-0.05, 0) is 19.1 Å². The Morgan fingerprint density at radius 1 is 1.43 bits per heavy atom. The highest BCUT2D eigenvalue weighted by molar-refractivity contribution is 9.10. The second-order valence-electron chi connectivity index (χ2n) is 2.98. The molecule has 0 radical (unpaired) electrons. The number of fused-ring (bicyclic) bond motifs is 1. The van der Waals surface area contributed by atoms with E-state index in [4.69, 9.17) is 0 Å². The van der Waals surface area contributed by atoms with Crippen LogP contribution in [0.1, 0.15) is 11.9 Å². The third kappa shape index (κ3) is 2.12. The van der Waals surface area contributed by atoms with E-state index in [0.29, 0.717) is 0 Å². The van der Waals surface area contributed by atoms with Crippen molar-refractivity contribution in [2.45, 2.75) is 20.4 Å². The van der Waals surface area contributed by atoms with Crippen molar-refractivity contribution in [1.82, 2.24) is 0 Å². The third-order valence-corrected chi connectivity index (χ3v) is 3.74. The van der Waals surface area contributed by atoms with Gasteiger partial charge in [0.2, 0.25) is 10.5 Å². The van der Waals surface area contributed by atoms with E-state index < -0.39 is 0 Å². The van der Waals surface area contributed by atoms with Crippen molar-refractivity contribution in [3.05, 3.63) is 27.7 Å². The standard InChI is InChI=1S/C10H11BrNS.HI/c1-3-12-7(2)13-10-5-4-8(11)6-9(10)12;/h4-6H,3H2,1-2H3;1H/q+1;/p-1. The van der Waals surface area contributed by atoms with Crippen LogP contribution in [0.3, 0.4) is 0 Å². The second kappa shape index (κ2) is 4.90. The number of nitrogens with zero attached hydrogens (tertiary/aromatic N) is 1. The van der Waals surface area contributed by atoms with E-state index in [1.165, 1.54) is 15.2 Å². The van der Waals surface area contributed by atoms with Gasteiger partial charge in [-0.1, -0.05) is 27.3 Å². The summed E-state index contributed by atoms with van der Waals surface area (Å²) in [4.78, 5) is 0. The topological polar surface area (TPSA) is 3.88 Å². The molecular weight excluding hydrogens is 373 g/mol. The maximum Gasteiger partial charge on any atom is 0.235 e. The average Bonchev–Trinajstić information content (AvgIpc) is 2.40. The summed E-state index contributed by atoms with van der Waals surface area (Å²) in [6.07, 6.45) is 0. The van der Waals surface area contributed by atoms with Crippen LogP contribution in [-0.4, -0.2) is 0 Å². The molecule has 1 aromatic carbocycles. The lowest BCUT2D eigenvalue weighted by Crippen LogP contribution is -3.00. The van der Waals surface area contributed by atoms with Crippen LogP contribution in [0.4, 0.5) is 0 Å². The Morgan fingerprint density at radius 3 is 2.79 bits per heavy atom. The lowest BCUT2D eigenvalue weighted by Gasteiger charge is -1.91. The highest BCUT2D eigenvalue weighted by atomic mass is 127. The van der Waals surface area contributed by atoms with Gasteiger partial charge in [0.05, 0.1) is 0 Å². The predicted molar refractivity (Wildman–Crippen MR) is 60.1 cm³/mol. The fraction of sp³-hybridized carbons (Fsp3) is 0.300. The highest BCUT2D eigenvalue weighted by Gasteiger charge is 2.14. The molecule has 1 aromatic heterocycles. The van der Waals surface area contributed by atoms with E-state index in [1.54, 1.807) is 0 Å². The molecule has 1 heterocycles. The van der Waals surface area contributed by atoms with E-state index in [-0.39, 0.29) is 24.0 Å². The molecule has 0 saturated heterocycles. The molecule has 14 heavy (non-hydrogen) atoms. The van der Waals surface area contributed by atoms with Crippen molar-refractivity contribution >= 4 is 37.5 Å². The molecule has 0 unspecified atom stereocenters. The van der Waals surface area contributed by atoms with Crippen LogP contribution in [0.25, 0.3) is 10.2 Å². The van der Waals surface area contributed by atoms with Gasteiger partial charge in [-0.2, -0.15) is 4.57 Å². The van der Waals surface area contributed by atoms with Crippen LogP contribution >= 0.6 is 27.3 Å². The van der Waals surface area contributed by atoms with Crippen LogP contribution in [0.15, 0.2) is 22.7 Å². The highest BCUT2D eigenvalue weighted by Crippen LogP contribution is 2.23. The zero-order valence-electron chi connectivity index (χ0n) is 8.05. The first-order valence-corrected chi connectivity index (χ1v) is 5.92. The van der Waals surface area contributed by atoms with Crippen molar-refractivity contribution in [3.63, 3.8) is 0 Å². The van der Waals surface area contributed by atoms with Gasteiger partial charge < -0.3 is 24.0 Å². The molecule has 0 N–H and O–H groups in total. The fourth-order valence-electron chi connectivity index (χ4n) is 1.56. The van der Waals surface area contributed by atoms with Gasteiger partial charge in [0, 0.05) is 17.5 Å². The Balaban J connectivity index is 0.000000980. The monoisotopic (exact) mass is 383 g/mol. The van der Waals surface area contributed by atoms with Crippen LogP contribution in [0.2, 0.25) is 0 Å². The largest absolute Gasteiger partial charge is 1.00 e. The number of thiazole rings is 1. The van der Waals surface area contributed by atoms with Crippen molar-refractivity contribution in [1.29, 1.82) is 0 Å². The van der Waals surface area contributed by atoms with Crippen molar-refractivity contribution < 1.29 is 28.5 Å². The summed E-state index contributed by atoms with van der Waals surface area (Å²) in [6.45, 7) is 5.39. The normalized spacial score (nSPS) is 10.2. The first-order valence-electron chi connectivity index (χ1n) is 4.31. The van der Waals surface area contributed by atoms with Crippen LogP contribution in [0, 0.1) is 6.92 Å². The molecule has 0 aliphatic rings. The van der Waals surface area contributed by atoms with E-state index in [2.05, 4.69) is 52.5 Å². The molecule has 0 aliphatic carbocycles. The molecule has 0 saturated carbocycles. The van der Waals surface area contributed by atoms with E-state index >= 15 is 0 Å². The van der Waals surface area contributed by atoms with Gasteiger partial charge in [-0.15, -0.1) is 0 Å². The summed E-state index contributed by atoms with van der Waals surface area (Å²) in [7, 11) is 0. The molecule has 76 valence electrons. The minimum Gasteiger partial charge on any atom is -1.00 e. The number of aryl methyl sites for hydroxylation is 2. The van der Waals surface area contributed by atoms with E-state index in [1.807, 2.05) is 11.3 Å². The summed E-state index contributed by atoms with van der Waals surface area (Å²) in [5.41, 5.74) is 1.33. The van der Waals surface area contributed by atoms with E-state index in [0.717, 1.165) is 11.0 Å². The first kappa shape index (κ1) is 12.4. The number of benzene rings is 1. The zero-order chi connectivity index (χ0) is 9.42. The van der Waals surface area contributed by atoms with Crippen molar-refractivity contribution in [3.8, 4) is 0 Å². The Labute approximate surface area is 113 Å². The fourth-order valence-corrected chi connectivity index (χ4v) is 2.98. The Hall–Kier alpha value is 0.320.